The quantitative estimate of drug-likeness (QED) is 0.696. The number of nitrogen functional groups attached to an aromatic ring is 1. The van der Waals surface area contributed by atoms with Gasteiger partial charge in [0, 0.05) is 51.0 Å². The van der Waals surface area contributed by atoms with Gasteiger partial charge in [0.15, 0.2) is 0 Å². The molecule has 3 saturated heterocycles. The zero-order chi connectivity index (χ0) is 11.8. The van der Waals surface area contributed by atoms with Gasteiger partial charge < -0.3 is 11.5 Å². The van der Waals surface area contributed by atoms with E-state index >= 15 is 0 Å². The summed E-state index contributed by atoms with van der Waals surface area (Å²) in [6, 6.07) is 0.298. The minimum Gasteiger partial charge on any atom is -0.383 e. The molecule has 2 bridgehead atoms. The number of hydrogen-bond donors (Lipinski definition) is 2. The Balaban J connectivity index is 1.86. The van der Waals surface area contributed by atoms with E-state index in [4.69, 9.17) is 11.5 Å². The topological polar surface area (TPSA) is 84.3 Å². The summed E-state index contributed by atoms with van der Waals surface area (Å²) in [7, 11) is 0. The molecule has 1 aromatic heterocycles. The molecule has 1 aromatic rings. The summed E-state index contributed by atoms with van der Waals surface area (Å²) in [6.45, 7) is 5.94. The molecule has 92 valence electrons. The highest BCUT2D eigenvalue weighted by atomic mass is 15.4. The lowest BCUT2D eigenvalue weighted by Gasteiger charge is -2.46. The smallest absolute Gasteiger partial charge is 0.149 e. The third kappa shape index (κ3) is 1.88. The van der Waals surface area contributed by atoms with Gasteiger partial charge in [-0.2, -0.15) is 0 Å². The SMILES string of the molecule is NCc1cnc(C2CN3CCN2CC3)nc1N. The highest BCUT2D eigenvalue weighted by Crippen LogP contribution is 2.27. The Morgan fingerprint density at radius 1 is 1.29 bits per heavy atom. The number of piperazine rings is 3. The van der Waals surface area contributed by atoms with Crippen molar-refractivity contribution in [1.29, 1.82) is 0 Å². The predicted molar refractivity (Wildman–Crippen MR) is 65.1 cm³/mol. The molecule has 0 saturated carbocycles. The normalized spacial score (nSPS) is 31.7. The molecule has 6 nitrogen and oxygen atoms in total. The van der Waals surface area contributed by atoms with E-state index in [-0.39, 0.29) is 0 Å². The van der Waals surface area contributed by atoms with Crippen molar-refractivity contribution < 1.29 is 0 Å². The Labute approximate surface area is 101 Å². The van der Waals surface area contributed by atoms with Crippen LogP contribution in [0.1, 0.15) is 17.4 Å². The van der Waals surface area contributed by atoms with Crippen molar-refractivity contribution in [3.05, 3.63) is 17.6 Å². The molecule has 0 amide bonds. The molecule has 4 N–H and O–H groups in total. The van der Waals surface area contributed by atoms with Gasteiger partial charge in [0.05, 0.1) is 6.04 Å². The van der Waals surface area contributed by atoms with Crippen molar-refractivity contribution in [3.8, 4) is 0 Å². The van der Waals surface area contributed by atoms with Gasteiger partial charge >= 0.3 is 0 Å². The number of aromatic nitrogens is 2. The molecular weight excluding hydrogens is 216 g/mol. The van der Waals surface area contributed by atoms with Crippen molar-refractivity contribution in [1.82, 2.24) is 19.8 Å². The zero-order valence-electron chi connectivity index (χ0n) is 9.84. The van der Waals surface area contributed by atoms with Gasteiger partial charge in [-0.25, -0.2) is 9.97 Å². The molecule has 4 heterocycles. The Hall–Kier alpha value is -1.24. The van der Waals surface area contributed by atoms with Gasteiger partial charge in [-0.15, -0.1) is 0 Å². The van der Waals surface area contributed by atoms with Crippen LogP contribution in [-0.2, 0) is 6.54 Å². The van der Waals surface area contributed by atoms with Gasteiger partial charge in [0.25, 0.3) is 0 Å². The molecular formula is C11H18N6. The van der Waals surface area contributed by atoms with Crippen LogP contribution in [0.15, 0.2) is 6.20 Å². The van der Waals surface area contributed by atoms with Crippen LogP contribution in [-0.4, -0.2) is 52.5 Å². The molecule has 0 aromatic carbocycles. The lowest BCUT2D eigenvalue weighted by molar-refractivity contribution is 0.00869. The van der Waals surface area contributed by atoms with Crippen molar-refractivity contribution in [2.45, 2.75) is 12.6 Å². The van der Waals surface area contributed by atoms with E-state index in [1.54, 1.807) is 6.20 Å². The number of hydrogen-bond acceptors (Lipinski definition) is 6. The molecule has 17 heavy (non-hydrogen) atoms. The van der Waals surface area contributed by atoms with Gasteiger partial charge in [-0.1, -0.05) is 0 Å². The number of anilines is 1. The number of fused-ring (bicyclic) bond motifs is 3. The Morgan fingerprint density at radius 2 is 2.06 bits per heavy atom. The van der Waals surface area contributed by atoms with E-state index in [2.05, 4.69) is 19.8 Å². The lowest BCUT2D eigenvalue weighted by atomic mass is 10.1. The molecule has 6 heteroatoms. The van der Waals surface area contributed by atoms with Gasteiger partial charge in [0.1, 0.15) is 11.6 Å². The molecule has 1 unspecified atom stereocenters. The Bertz CT molecular complexity index is 412. The van der Waals surface area contributed by atoms with Gasteiger partial charge in [0.2, 0.25) is 0 Å². The van der Waals surface area contributed by atoms with Crippen LogP contribution in [0.4, 0.5) is 5.82 Å². The summed E-state index contributed by atoms with van der Waals surface area (Å²) in [5.74, 6) is 1.36. The van der Waals surface area contributed by atoms with E-state index in [1.165, 1.54) is 0 Å². The maximum absolute atomic E-state index is 5.87. The van der Waals surface area contributed by atoms with E-state index in [0.29, 0.717) is 18.4 Å². The molecule has 4 rings (SSSR count). The van der Waals surface area contributed by atoms with Gasteiger partial charge in [-0.3, -0.25) is 9.80 Å². The number of rotatable bonds is 2. The molecule has 3 aliphatic rings. The Morgan fingerprint density at radius 3 is 2.59 bits per heavy atom. The van der Waals surface area contributed by atoms with E-state index in [0.717, 1.165) is 44.1 Å². The predicted octanol–water partition coefficient (Wildman–Crippen LogP) is -0.810. The third-order valence-electron chi connectivity index (χ3n) is 3.71. The Kier molecular flexibility index (Phi) is 2.70. The summed E-state index contributed by atoms with van der Waals surface area (Å²) in [6.07, 6.45) is 1.76. The van der Waals surface area contributed by atoms with Crippen LogP contribution in [0.25, 0.3) is 0 Å². The summed E-state index contributed by atoms with van der Waals surface area (Å²) in [4.78, 5) is 13.7. The fourth-order valence-corrected chi connectivity index (χ4v) is 2.61. The summed E-state index contributed by atoms with van der Waals surface area (Å²) < 4.78 is 0. The first-order valence-corrected chi connectivity index (χ1v) is 6.05. The first kappa shape index (κ1) is 10.9. The van der Waals surface area contributed by atoms with Gasteiger partial charge in [-0.05, 0) is 0 Å². The maximum atomic E-state index is 5.87. The van der Waals surface area contributed by atoms with Crippen LogP contribution in [0.3, 0.4) is 0 Å². The fourth-order valence-electron chi connectivity index (χ4n) is 2.61. The zero-order valence-corrected chi connectivity index (χ0v) is 9.84. The second-order valence-corrected chi connectivity index (χ2v) is 4.70. The van der Waals surface area contributed by atoms with Crippen LogP contribution in [0.2, 0.25) is 0 Å². The van der Waals surface area contributed by atoms with Crippen LogP contribution >= 0.6 is 0 Å². The highest BCUT2D eigenvalue weighted by molar-refractivity contribution is 5.37. The maximum Gasteiger partial charge on any atom is 0.149 e. The third-order valence-corrected chi connectivity index (χ3v) is 3.71. The van der Waals surface area contributed by atoms with E-state index < -0.39 is 0 Å². The van der Waals surface area contributed by atoms with Crippen LogP contribution in [0.5, 0.6) is 0 Å². The average Bonchev–Trinajstić information content (AvgIpc) is 2.40. The van der Waals surface area contributed by atoms with Crippen molar-refractivity contribution in [2.24, 2.45) is 5.73 Å². The summed E-state index contributed by atoms with van der Waals surface area (Å²) in [5.41, 5.74) is 12.3. The molecule has 3 aliphatic heterocycles. The second kappa shape index (κ2) is 4.21. The molecule has 0 aliphatic carbocycles. The van der Waals surface area contributed by atoms with Crippen molar-refractivity contribution in [2.75, 3.05) is 38.5 Å². The molecule has 3 fully saturated rings. The number of nitrogens with two attached hydrogens (primary N) is 2. The second-order valence-electron chi connectivity index (χ2n) is 4.70. The van der Waals surface area contributed by atoms with E-state index in [1.807, 2.05) is 0 Å². The minimum absolute atomic E-state index is 0.298. The molecule has 1 atom stereocenters. The first-order valence-electron chi connectivity index (χ1n) is 6.05. The first-order chi connectivity index (χ1) is 8.28. The molecule has 0 radical (unpaired) electrons. The molecule has 0 spiro atoms. The largest absolute Gasteiger partial charge is 0.383 e. The highest BCUT2D eigenvalue weighted by Gasteiger charge is 2.34. The van der Waals surface area contributed by atoms with Crippen LogP contribution < -0.4 is 11.5 Å². The van der Waals surface area contributed by atoms with Crippen molar-refractivity contribution in [3.63, 3.8) is 0 Å². The van der Waals surface area contributed by atoms with Crippen molar-refractivity contribution >= 4 is 5.82 Å². The lowest BCUT2D eigenvalue weighted by Crippen LogP contribution is -2.57. The number of nitrogens with zero attached hydrogens (tertiary/aromatic N) is 4. The summed E-state index contributed by atoms with van der Waals surface area (Å²) in [5, 5.41) is 0. The average molecular weight is 234 g/mol. The summed E-state index contributed by atoms with van der Waals surface area (Å²) >= 11 is 0. The standard InChI is InChI=1S/C11H18N6/c12-5-8-6-14-11(15-10(8)13)9-7-16-1-3-17(9)4-2-16/h6,9H,1-5,7,12H2,(H2,13,14,15). The van der Waals surface area contributed by atoms with E-state index in [9.17, 15) is 0 Å². The minimum atomic E-state index is 0.298. The van der Waals surface area contributed by atoms with Crippen LogP contribution in [0, 0.1) is 0 Å². The fraction of sp³-hybridized carbons (Fsp3) is 0.636. The monoisotopic (exact) mass is 234 g/mol.